The van der Waals surface area contributed by atoms with Gasteiger partial charge in [-0.25, -0.2) is 9.02 Å². The predicted molar refractivity (Wildman–Crippen MR) is 67.6 cm³/mol. The molecule has 0 aliphatic heterocycles. The largest absolute Gasteiger partial charge is 0.489 e. The number of ether oxygens (including phenoxy) is 1. The molecule has 8 heteroatoms. The molecule has 0 saturated heterocycles. The lowest BCUT2D eigenvalue weighted by molar-refractivity contribution is 0.0762. The number of anilines is 1. The van der Waals surface area contributed by atoms with Crippen LogP contribution in [-0.2, 0) is 0 Å². The summed E-state index contributed by atoms with van der Waals surface area (Å²) in [4.78, 5) is 13.2. The lowest BCUT2D eigenvalue weighted by atomic mass is 10.3. The van der Waals surface area contributed by atoms with Crippen LogP contribution < -0.4 is 10.5 Å². The van der Waals surface area contributed by atoms with E-state index in [9.17, 15) is 9.18 Å². The van der Waals surface area contributed by atoms with Crippen LogP contribution in [0.1, 0.15) is 10.5 Å². The number of benzene rings is 1. The summed E-state index contributed by atoms with van der Waals surface area (Å²) in [6.07, 6.45) is 0. The lowest BCUT2D eigenvalue weighted by Gasteiger charge is -2.16. The molecule has 20 heavy (non-hydrogen) atoms. The number of nitrogen functional groups attached to an aromatic ring is 1. The minimum atomic E-state index is -0.452. The van der Waals surface area contributed by atoms with Crippen LogP contribution in [0.4, 0.5) is 10.2 Å². The van der Waals surface area contributed by atoms with Crippen LogP contribution in [0.2, 0.25) is 0 Å². The second-order valence-corrected chi connectivity index (χ2v) is 4.00. The van der Waals surface area contributed by atoms with Crippen LogP contribution in [0.5, 0.6) is 5.75 Å². The van der Waals surface area contributed by atoms with Gasteiger partial charge in [-0.15, -0.1) is 0 Å². The Hall–Kier alpha value is -2.64. The molecule has 0 radical (unpaired) electrons. The Kier molecular flexibility index (Phi) is 4.14. The maximum Gasteiger partial charge on any atom is 0.279 e. The number of carbonyl (C=O) groups excluding carboxylic acids is 1. The molecule has 7 nitrogen and oxygen atoms in total. The van der Waals surface area contributed by atoms with Gasteiger partial charge in [0, 0.05) is 7.05 Å². The van der Waals surface area contributed by atoms with Crippen molar-refractivity contribution >= 4 is 11.7 Å². The summed E-state index contributed by atoms with van der Waals surface area (Å²) in [5, 5.41) is 6.74. The molecule has 0 spiro atoms. The molecule has 1 aromatic carbocycles. The molecule has 0 atom stereocenters. The molecule has 2 N–H and O–H groups in total. The number of nitrogens with two attached hydrogens (primary N) is 1. The number of likely N-dealkylation sites (N-methyl/N-ethyl adjacent to an activating group) is 1. The molecule has 1 amide bonds. The maximum atomic E-state index is 13.3. The zero-order chi connectivity index (χ0) is 14.5. The van der Waals surface area contributed by atoms with Crippen LogP contribution in [0.25, 0.3) is 0 Å². The van der Waals surface area contributed by atoms with E-state index in [0.717, 1.165) is 0 Å². The smallest absolute Gasteiger partial charge is 0.279 e. The van der Waals surface area contributed by atoms with Crippen molar-refractivity contribution in [1.82, 2.24) is 15.2 Å². The van der Waals surface area contributed by atoms with Gasteiger partial charge in [0.15, 0.2) is 11.6 Å². The fourth-order valence-electron chi connectivity index (χ4n) is 1.48. The number of halogens is 1. The predicted octanol–water partition coefficient (Wildman–Crippen LogP) is 0.942. The van der Waals surface area contributed by atoms with Crippen molar-refractivity contribution in [3.8, 4) is 5.75 Å². The van der Waals surface area contributed by atoms with Crippen LogP contribution in [-0.4, -0.2) is 41.3 Å². The zero-order valence-electron chi connectivity index (χ0n) is 10.7. The lowest BCUT2D eigenvalue weighted by Crippen LogP contribution is -2.31. The van der Waals surface area contributed by atoms with E-state index in [-0.39, 0.29) is 30.4 Å². The molecule has 0 aliphatic carbocycles. The van der Waals surface area contributed by atoms with Crippen LogP contribution in [0.15, 0.2) is 28.9 Å². The molecular weight excluding hydrogens is 267 g/mol. The van der Waals surface area contributed by atoms with E-state index in [1.165, 1.54) is 17.0 Å². The number of hydrogen-bond donors (Lipinski definition) is 1. The summed E-state index contributed by atoms with van der Waals surface area (Å²) in [7, 11) is 1.54. The van der Waals surface area contributed by atoms with E-state index in [4.69, 9.17) is 10.5 Å². The quantitative estimate of drug-likeness (QED) is 0.876. The van der Waals surface area contributed by atoms with Crippen LogP contribution >= 0.6 is 0 Å². The van der Waals surface area contributed by atoms with Gasteiger partial charge in [-0.05, 0) is 22.4 Å². The van der Waals surface area contributed by atoms with E-state index in [1.54, 1.807) is 19.2 Å². The highest BCUT2D eigenvalue weighted by atomic mass is 19.1. The van der Waals surface area contributed by atoms with Gasteiger partial charge in [-0.1, -0.05) is 12.1 Å². The minimum absolute atomic E-state index is 0.0570. The second-order valence-electron chi connectivity index (χ2n) is 4.00. The average Bonchev–Trinajstić information content (AvgIpc) is 2.86. The molecule has 0 saturated carbocycles. The van der Waals surface area contributed by atoms with E-state index in [2.05, 4.69) is 14.9 Å². The fraction of sp³-hybridized carbons (Fsp3) is 0.250. The van der Waals surface area contributed by atoms with Gasteiger partial charge in [-0.2, -0.15) is 0 Å². The molecular formula is C12H13FN4O3. The number of rotatable bonds is 5. The Labute approximate surface area is 114 Å². The van der Waals surface area contributed by atoms with Crippen molar-refractivity contribution in [2.24, 2.45) is 0 Å². The van der Waals surface area contributed by atoms with Crippen molar-refractivity contribution < 1.29 is 18.6 Å². The van der Waals surface area contributed by atoms with Gasteiger partial charge in [0.25, 0.3) is 5.91 Å². The van der Waals surface area contributed by atoms with Gasteiger partial charge in [0.1, 0.15) is 6.61 Å². The van der Waals surface area contributed by atoms with E-state index >= 15 is 0 Å². The number of aromatic nitrogens is 2. The maximum absolute atomic E-state index is 13.3. The van der Waals surface area contributed by atoms with Crippen molar-refractivity contribution in [1.29, 1.82) is 0 Å². The summed E-state index contributed by atoms with van der Waals surface area (Å²) >= 11 is 0. The van der Waals surface area contributed by atoms with Crippen LogP contribution in [0, 0.1) is 5.82 Å². The Morgan fingerprint density at radius 2 is 2.20 bits per heavy atom. The van der Waals surface area contributed by atoms with E-state index in [0.29, 0.717) is 0 Å². The summed E-state index contributed by atoms with van der Waals surface area (Å²) in [5.74, 6) is -0.833. The highest BCUT2D eigenvalue weighted by Crippen LogP contribution is 2.15. The molecule has 1 heterocycles. The summed E-state index contributed by atoms with van der Waals surface area (Å²) in [6, 6.07) is 6.04. The van der Waals surface area contributed by atoms with Crippen LogP contribution in [0.3, 0.4) is 0 Å². The molecule has 2 rings (SSSR count). The molecule has 2 aromatic rings. The monoisotopic (exact) mass is 280 g/mol. The third-order valence-corrected chi connectivity index (χ3v) is 2.58. The normalized spacial score (nSPS) is 10.3. The van der Waals surface area contributed by atoms with Crippen molar-refractivity contribution in [2.45, 2.75) is 0 Å². The standard InChI is InChI=1S/C12H13FN4O3/c1-17(12(18)10-11(14)16-20-15-10)6-7-19-9-5-3-2-4-8(9)13/h2-5H,6-7H2,1H3,(H2,14,16). The number of amides is 1. The van der Waals surface area contributed by atoms with Crippen molar-refractivity contribution in [3.63, 3.8) is 0 Å². The Bertz CT molecular complexity index is 602. The van der Waals surface area contributed by atoms with Gasteiger partial charge in [0.05, 0.1) is 6.54 Å². The molecule has 0 aliphatic rings. The van der Waals surface area contributed by atoms with Crippen molar-refractivity contribution in [2.75, 3.05) is 25.9 Å². The minimum Gasteiger partial charge on any atom is -0.489 e. The second kappa shape index (κ2) is 6.00. The number of carbonyl (C=O) groups is 1. The highest BCUT2D eigenvalue weighted by molar-refractivity contribution is 5.95. The number of hydrogen-bond acceptors (Lipinski definition) is 6. The van der Waals surface area contributed by atoms with E-state index < -0.39 is 11.7 Å². The van der Waals surface area contributed by atoms with Crippen molar-refractivity contribution in [3.05, 3.63) is 35.8 Å². The summed E-state index contributed by atoms with van der Waals surface area (Å²) in [5.41, 5.74) is 5.37. The molecule has 106 valence electrons. The molecule has 0 bridgehead atoms. The Morgan fingerprint density at radius 1 is 1.45 bits per heavy atom. The Balaban J connectivity index is 1.87. The van der Waals surface area contributed by atoms with Gasteiger partial charge < -0.3 is 15.4 Å². The summed E-state index contributed by atoms with van der Waals surface area (Å²) in [6.45, 7) is 0.369. The molecule has 0 fully saturated rings. The van der Waals surface area contributed by atoms with Gasteiger partial charge in [0.2, 0.25) is 11.5 Å². The Morgan fingerprint density at radius 3 is 2.85 bits per heavy atom. The van der Waals surface area contributed by atoms with Gasteiger partial charge >= 0.3 is 0 Å². The first-order chi connectivity index (χ1) is 9.59. The third-order valence-electron chi connectivity index (χ3n) is 2.58. The zero-order valence-corrected chi connectivity index (χ0v) is 10.7. The van der Waals surface area contributed by atoms with E-state index in [1.807, 2.05) is 0 Å². The number of para-hydroxylation sites is 1. The molecule has 1 aromatic heterocycles. The third kappa shape index (κ3) is 3.02. The first-order valence-electron chi connectivity index (χ1n) is 5.80. The molecule has 0 unspecified atom stereocenters. The highest BCUT2D eigenvalue weighted by Gasteiger charge is 2.19. The summed E-state index contributed by atoms with van der Waals surface area (Å²) < 4.78 is 22.9. The topological polar surface area (TPSA) is 94.5 Å². The SMILES string of the molecule is CN(CCOc1ccccc1F)C(=O)c1nonc1N. The van der Waals surface area contributed by atoms with Gasteiger partial charge in [-0.3, -0.25) is 4.79 Å². The first kappa shape index (κ1) is 13.8. The fourth-order valence-corrected chi connectivity index (χ4v) is 1.48. The average molecular weight is 280 g/mol. The number of nitrogens with zero attached hydrogens (tertiary/aromatic N) is 3. The first-order valence-corrected chi connectivity index (χ1v) is 5.80.